The smallest absolute Gasteiger partial charge is 0.309 e. The zero-order valence-corrected chi connectivity index (χ0v) is 13.5. The van der Waals surface area contributed by atoms with Gasteiger partial charge in [-0.1, -0.05) is 31.0 Å². The van der Waals surface area contributed by atoms with Crippen LogP contribution in [0.3, 0.4) is 0 Å². The molecule has 0 spiro atoms. The zero-order chi connectivity index (χ0) is 15.9. The molecular weight excluding hydrogens is 278 g/mol. The van der Waals surface area contributed by atoms with Gasteiger partial charge in [-0.2, -0.15) is 0 Å². The molecule has 1 aromatic carbocycles. The van der Waals surface area contributed by atoms with E-state index >= 15 is 0 Å². The standard InChI is InChI=1S/C18H25NO3/c1-3-4-13-22-18(21)16-9-11-19(12-10-16)17(20)15-7-5-14(2)6-8-15/h5-8,16H,3-4,9-13H2,1-2H3. The van der Waals surface area contributed by atoms with Crippen LogP contribution < -0.4 is 0 Å². The SMILES string of the molecule is CCCCOC(=O)C1CCN(C(=O)c2ccc(C)cc2)CC1. The molecule has 1 heterocycles. The van der Waals surface area contributed by atoms with Crippen LogP contribution in [0.2, 0.25) is 0 Å². The van der Waals surface area contributed by atoms with E-state index in [1.54, 1.807) is 0 Å². The highest BCUT2D eigenvalue weighted by Crippen LogP contribution is 2.20. The average molecular weight is 303 g/mol. The quantitative estimate of drug-likeness (QED) is 0.620. The Hall–Kier alpha value is -1.84. The molecule has 1 aromatic rings. The van der Waals surface area contributed by atoms with E-state index in [4.69, 9.17) is 4.74 Å². The van der Waals surface area contributed by atoms with Gasteiger partial charge in [-0.3, -0.25) is 9.59 Å². The van der Waals surface area contributed by atoms with Crippen LogP contribution in [0.5, 0.6) is 0 Å². The van der Waals surface area contributed by atoms with Crippen LogP contribution in [0.15, 0.2) is 24.3 Å². The molecule has 1 aliphatic heterocycles. The van der Waals surface area contributed by atoms with Crippen molar-refractivity contribution in [2.24, 2.45) is 5.92 Å². The number of likely N-dealkylation sites (tertiary alicyclic amines) is 1. The Morgan fingerprint density at radius 1 is 1.18 bits per heavy atom. The summed E-state index contributed by atoms with van der Waals surface area (Å²) >= 11 is 0. The first kappa shape index (κ1) is 16.5. The Kier molecular flexibility index (Phi) is 5.99. The summed E-state index contributed by atoms with van der Waals surface area (Å²) < 4.78 is 5.27. The van der Waals surface area contributed by atoms with Gasteiger partial charge in [0.25, 0.3) is 5.91 Å². The number of esters is 1. The fourth-order valence-corrected chi connectivity index (χ4v) is 2.63. The van der Waals surface area contributed by atoms with Crippen molar-refractivity contribution in [3.63, 3.8) is 0 Å². The van der Waals surface area contributed by atoms with Crippen molar-refractivity contribution in [2.45, 2.75) is 39.5 Å². The van der Waals surface area contributed by atoms with Crippen LogP contribution in [-0.4, -0.2) is 36.5 Å². The summed E-state index contributed by atoms with van der Waals surface area (Å²) in [6.45, 7) is 5.84. The van der Waals surface area contributed by atoms with E-state index in [-0.39, 0.29) is 17.8 Å². The Labute approximate surface area is 132 Å². The number of amides is 1. The molecule has 0 bridgehead atoms. The van der Waals surface area contributed by atoms with Gasteiger partial charge in [-0.05, 0) is 38.3 Å². The monoisotopic (exact) mass is 303 g/mol. The third kappa shape index (κ3) is 4.33. The summed E-state index contributed by atoms with van der Waals surface area (Å²) in [5, 5.41) is 0. The molecule has 0 radical (unpaired) electrons. The molecule has 0 aromatic heterocycles. The van der Waals surface area contributed by atoms with Crippen LogP contribution in [0.1, 0.15) is 48.5 Å². The molecule has 0 aliphatic carbocycles. The number of nitrogens with zero attached hydrogens (tertiary/aromatic N) is 1. The summed E-state index contributed by atoms with van der Waals surface area (Å²) in [6, 6.07) is 7.63. The molecule has 1 amide bonds. The number of hydrogen-bond donors (Lipinski definition) is 0. The molecule has 1 saturated heterocycles. The highest BCUT2D eigenvalue weighted by Gasteiger charge is 2.28. The van der Waals surface area contributed by atoms with Crippen LogP contribution >= 0.6 is 0 Å². The predicted octanol–water partition coefficient (Wildman–Crippen LogP) is 3.19. The van der Waals surface area contributed by atoms with E-state index < -0.39 is 0 Å². The van der Waals surface area contributed by atoms with E-state index in [9.17, 15) is 9.59 Å². The van der Waals surface area contributed by atoms with Crippen molar-refractivity contribution in [2.75, 3.05) is 19.7 Å². The van der Waals surface area contributed by atoms with E-state index in [0.717, 1.165) is 24.0 Å². The molecule has 4 heteroatoms. The van der Waals surface area contributed by atoms with Gasteiger partial charge in [-0.25, -0.2) is 0 Å². The molecule has 0 atom stereocenters. The van der Waals surface area contributed by atoms with Crippen LogP contribution in [0.25, 0.3) is 0 Å². The predicted molar refractivity (Wildman–Crippen MR) is 85.7 cm³/mol. The lowest BCUT2D eigenvalue weighted by molar-refractivity contribution is -0.150. The molecule has 0 unspecified atom stereocenters. The number of benzene rings is 1. The van der Waals surface area contributed by atoms with Gasteiger partial charge in [0.2, 0.25) is 0 Å². The lowest BCUT2D eigenvalue weighted by atomic mass is 9.96. The maximum Gasteiger partial charge on any atom is 0.309 e. The highest BCUT2D eigenvalue weighted by atomic mass is 16.5. The van der Waals surface area contributed by atoms with Crippen LogP contribution in [0.4, 0.5) is 0 Å². The molecule has 22 heavy (non-hydrogen) atoms. The van der Waals surface area contributed by atoms with Crippen molar-refractivity contribution < 1.29 is 14.3 Å². The first-order valence-electron chi connectivity index (χ1n) is 8.14. The molecule has 4 nitrogen and oxygen atoms in total. The number of carbonyl (C=O) groups excluding carboxylic acids is 2. The van der Waals surface area contributed by atoms with E-state index in [0.29, 0.717) is 32.5 Å². The van der Waals surface area contributed by atoms with Gasteiger partial charge in [0.1, 0.15) is 0 Å². The first-order valence-corrected chi connectivity index (χ1v) is 8.14. The number of rotatable bonds is 5. The van der Waals surface area contributed by atoms with Crippen LogP contribution in [-0.2, 0) is 9.53 Å². The lowest BCUT2D eigenvalue weighted by Crippen LogP contribution is -2.40. The number of hydrogen-bond acceptors (Lipinski definition) is 3. The zero-order valence-electron chi connectivity index (χ0n) is 13.5. The second-order valence-electron chi connectivity index (χ2n) is 5.95. The molecule has 2 rings (SSSR count). The third-order valence-corrected chi connectivity index (χ3v) is 4.16. The number of aryl methyl sites for hydroxylation is 1. The molecular formula is C18H25NO3. The van der Waals surface area contributed by atoms with Crippen LogP contribution in [0, 0.1) is 12.8 Å². The minimum atomic E-state index is -0.101. The maximum atomic E-state index is 12.4. The third-order valence-electron chi connectivity index (χ3n) is 4.16. The Morgan fingerprint density at radius 3 is 2.41 bits per heavy atom. The van der Waals surface area contributed by atoms with E-state index in [1.165, 1.54) is 0 Å². The Bertz CT molecular complexity index is 502. The second kappa shape index (κ2) is 7.97. The summed E-state index contributed by atoms with van der Waals surface area (Å²) in [5.41, 5.74) is 1.86. The Balaban J connectivity index is 1.82. The minimum Gasteiger partial charge on any atom is -0.465 e. The molecule has 120 valence electrons. The number of piperidine rings is 1. The summed E-state index contributed by atoms with van der Waals surface area (Å²) in [5.74, 6) is -0.104. The van der Waals surface area contributed by atoms with E-state index in [2.05, 4.69) is 6.92 Å². The molecule has 0 saturated carbocycles. The normalized spacial score (nSPS) is 15.6. The highest BCUT2D eigenvalue weighted by molar-refractivity contribution is 5.94. The largest absolute Gasteiger partial charge is 0.465 e. The van der Waals surface area contributed by atoms with Crippen molar-refractivity contribution >= 4 is 11.9 Å². The van der Waals surface area contributed by atoms with E-state index in [1.807, 2.05) is 36.1 Å². The lowest BCUT2D eigenvalue weighted by Gasteiger charge is -2.31. The van der Waals surface area contributed by atoms with Gasteiger partial charge < -0.3 is 9.64 Å². The average Bonchev–Trinajstić information content (AvgIpc) is 2.55. The second-order valence-corrected chi connectivity index (χ2v) is 5.95. The van der Waals surface area contributed by atoms with Crippen molar-refractivity contribution in [3.8, 4) is 0 Å². The summed E-state index contributed by atoms with van der Waals surface area (Å²) in [4.78, 5) is 26.2. The van der Waals surface area contributed by atoms with Crippen molar-refractivity contribution in [1.29, 1.82) is 0 Å². The summed E-state index contributed by atoms with van der Waals surface area (Å²) in [6.07, 6.45) is 3.33. The maximum absolute atomic E-state index is 12.4. The van der Waals surface area contributed by atoms with Crippen molar-refractivity contribution in [3.05, 3.63) is 35.4 Å². The molecule has 1 aliphatic rings. The number of unbranched alkanes of at least 4 members (excludes halogenated alkanes) is 1. The molecule has 0 N–H and O–H groups in total. The van der Waals surface area contributed by atoms with Gasteiger partial charge in [-0.15, -0.1) is 0 Å². The molecule has 1 fully saturated rings. The number of carbonyl (C=O) groups is 2. The fraction of sp³-hybridized carbons (Fsp3) is 0.556. The summed E-state index contributed by atoms with van der Waals surface area (Å²) in [7, 11) is 0. The van der Waals surface area contributed by atoms with Crippen molar-refractivity contribution in [1.82, 2.24) is 4.90 Å². The first-order chi connectivity index (χ1) is 10.6. The number of ether oxygens (including phenoxy) is 1. The fourth-order valence-electron chi connectivity index (χ4n) is 2.63. The van der Waals surface area contributed by atoms with Gasteiger partial charge in [0, 0.05) is 18.7 Å². The topological polar surface area (TPSA) is 46.6 Å². The van der Waals surface area contributed by atoms with Gasteiger partial charge in [0.05, 0.1) is 12.5 Å². The van der Waals surface area contributed by atoms with Gasteiger partial charge >= 0.3 is 5.97 Å². The minimum absolute atomic E-state index is 0.0535. The Morgan fingerprint density at radius 2 is 1.82 bits per heavy atom. The van der Waals surface area contributed by atoms with Gasteiger partial charge in [0.15, 0.2) is 0 Å².